The van der Waals surface area contributed by atoms with Gasteiger partial charge >= 0.3 is 5.97 Å². The third-order valence-electron chi connectivity index (χ3n) is 3.79. The van der Waals surface area contributed by atoms with Crippen molar-refractivity contribution in [2.45, 2.75) is 19.8 Å². The Morgan fingerprint density at radius 3 is 2.22 bits per heavy atom. The number of carboxylic acids is 1. The Kier molecular flexibility index (Phi) is 7.43. The van der Waals surface area contributed by atoms with Gasteiger partial charge in [0, 0.05) is 5.56 Å². The van der Waals surface area contributed by atoms with E-state index in [4.69, 9.17) is 9.47 Å². The quantitative estimate of drug-likeness (QED) is 0.520. The number of methoxy groups -OCH3 is 1. The second-order valence-electron chi connectivity index (χ2n) is 5.82. The van der Waals surface area contributed by atoms with Crippen LogP contribution in [0.1, 0.15) is 35.7 Å². The number of carboxylic acid groups (broad SMARTS) is 1. The second kappa shape index (κ2) is 10.0. The van der Waals surface area contributed by atoms with E-state index in [0.29, 0.717) is 29.2 Å². The van der Waals surface area contributed by atoms with Crippen molar-refractivity contribution in [2.75, 3.05) is 13.7 Å². The van der Waals surface area contributed by atoms with Gasteiger partial charge in [-0.2, -0.15) is 0 Å². The van der Waals surface area contributed by atoms with E-state index in [9.17, 15) is 14.7 Å². The summed E-state index contributed by atoms with van der Waals surface area (Å²) >= 11 is 0. The van der Waals surface area contributed by atoms with E-state index in [1.54, 1.807) is 55.6 Å². The fourth-order valence-corrected chi connectivity index (χ4v) is 2.25. The molecule has 0 unspecified atom stereocenters. The number of aliphatic carboxylic acids is 1. The molecular formula is C21H23NO5. The van der Waals surface area contributed by atoms with Gasteiger partial charge in [-0.1, -0.05) is 25.5 Å². The zero-order valence-corrected chi connectivity index (χ0v) is 15.4. The number of benzene rings is 2. The molecule has 0 aliphatic carbocycles. The minimum atomic E-state index is -1.22. The van der Waals surface area contributed by atoms with E-state index in [1.807, 2.05) is 0 Å². The molecule has 0 fully saturated rings. The Bertz CT molecular complexity index is 794. The average Bonchev–Trinajstić information content (AvgIpc) is 2.68. The van der Waals surface area contributed by atoms with Crippen LogP contribution in [0.3, 0.4) is 0 Å². The van der Waals surface area contributed by atoms with Crippen molar-refractivity contribution in [3.8, 4) is 11.5 Å². The van der Waals surface area contributed by atoms with Crippen LogP contribution in [0, 0.1) is 0 Å². The second-order valence-corrected chi connectivity index (χ2v) is 5.82. The number of amides is 1. The van der Waals surface area contributed by atoms with Crippen molar-refractivity contribution in [1.29, 1.82) is 0 Å². The Balaban J connectivity index is 2.07. The minimum Gasteiger partial charge on any atom is -0.497 e. The van der Waals surface area contributed by atoms with Gasteiger partial charge in [-0.05, 0) is 54.5 Å². The summed E-state index contributed by atoms with van der Waals surface area (Å²) in [5.74, 6) is -0.391. The molecule has 0 aliphatic heterocycles. The summed E-state index contributed by atoms with van der Waals surface area (Å²) in [5, 5.41) is 11.8. The van der Waals surface area contributed by atoms with Gasteiger partial charge in [0.05, 0.1) is 13.7 Å². The van der Waals surface area contributed by atoms with E-state index in [2.05, 4.69) is 12.2 Å². The number of nitrogens with one attached hydrogen (secondary N) is 1. The first-order valence-corrected chi connectivity index (χ1v) is 8.66. The molecule has 0 aromatic heterocycles. The summed E-state index contributed by atoms with van der Waals surface area (Å²) in [7, 11) is 1.55. The number of hydrogen-bond acceptors (Lipinski definition) is 4. The molecular weight excluding hydrogens is 346 g/mol. The van der Waals surface area contributed by atoms with Crippen LogP contribution in [0.15, 0.2) is 54.2 Å². The normalized spacial score (nSPS) is 11.0. The van der Waals surface area contributed by atoms with Gasteiger partial charge < -0.3 is 19.9 Å². The molecule has 0 bridgehead atoms. The zero-order valence-electron chi connectivity index (χ0n) is 15.4. The first kappa shape index (κ1) is 20.0. The highest BCUT2D eigenvalue weighted by Gasteiger charge is 2.13. The summed E-state index contributed by atoms with van der Waals surface area (Å²) in [4.78, 5) is 23.8. The molecule has 2 N–H and O–H groups in total. The summed E-state index contributed by atoms with van der Waals surface area (Å²) in [6, 6.07) is 13.4. The molecule has 0 atom stereocenters. The van der Waals surface area contributed by atoms with Gasteiger partial charge in [-0.15, -0.1) is 0 Å². The van der Waals surface area contributed by atoms with Gasteiger partial charge in [0.2, 0.25) is 0 Å². The van der Waals surface area contributed by atoms with Gasteiger partial charge in [0.1, 0.15) is 17.2 Å². The molecule has 0 saturated heterocycles. The monoisotopic (exact) mass is 369 g/mol. The predicted octanol–water partition coefficient (Wildman–Crippen LogP) is 3.73. The third-order valence-corrected chi connectivity index (χ3v) is 3.79. The fourth-order valence-electron chi connectivity index (χ4n) is 2.25. The maximum absolute atomic E-state index is 12.3. The van der Waals surface area contributed by atoms with Crippen LogP contribution in [0.4, 0.5) is 0 Å². The first-order chi connectivity index (χ1) is 13.0. The maximum Gasteiger partial charge on any atom is 0.352 e. The van der Waals surface area contributed by atoms with Crippen molar-refractivity contribution in [2.24, 2.45) is 0 Å². The number of rotatable bonds is 9. The van der Waals surface area contributed by atoms with Crippen LogP contribution in [-0.2, 0) is 4.79 Å². The van der Waals surface area contributed by atoms with Crippen LogP contribution in [0.5, 0.6) is 11.5 Å². The minimum absolute atomic E-state index is 0.214. The molecule has 142 valence electrons. The highest BCUT2D eigenvalue weighted by molar-refractivity contribution is 6.02. The number of carbonyl (C=O) groups is 2. The molecule has 6 heteroatoms. The summed E-state index contributed by atoms with van der Waals surface area (Å²) in [6.07, 6.45) is 3.39. The standard InChI is InChI=1S/C21H23NO5/c1-3-4-13-27-18-11-7-16(8-12-18)20(23)22-19(21(24)25)14-15-5-9-17(26-2)10-6-15/h5-12,14H,3-4,13H2,1-2H3,(H,22,23)(H,24,25)/b19-14+. The largest absolute Gasteiger partial charge is 0.497 e. The van der Waals surface area contributed by atoms with Gasteiger partial charge in [0.25, 0.3) is 5.91 Å². The molecule has 0 saturated carbocycles. The Morgan fingerprint density at radius 1 is 1.04 bits per heavy atom. The van der Waals surface area contributed by atoms with E-state index in [1.165, 1.54) is 6.08 Å². The van der Waals surface area contributed by atoms with Gasteiger partial charge in [-0.3, -0.25) is 4.79 Å². The summed E-state index contributed by atoms with van der Waals surface area (Å²) < 4.78 is 10.6. The highest BCUT2D eigenvalue weighted by Crippen LogP contribution is 2.15. The van der Waals surface area contributed by atoms with E-state index in [-0.39, 0.29) is 5.70 Å². The van der Waals surface area contributed by atoms with Crippen molar-refractivity contribution in [3.63, 3.8) is 0 Å². The SMILES string of the molecule is CCCCOc1ccc(C(=O)N/C(=C/c2ccc(OC)cc2)C(=O)O)cc1. The molecule has 2 rings (SSSR count). The molecule has 27 heavy (non-hydrogen) atoms. The lowest BCUT2D eigenvalue weighted by Crippen LogP contribution is -2.27. The number of carbonyl (C=O) groups excluding carboxylic acids is 1. The van der Waals surface area contributed by atoms with Crippen LogP contribution in [-0.4, -0.2) is 30.7 Å². The zero-order chi connectivity index (χ0) is 19.6. The van der Waals surface area contributed by atoms with Crippen molar-refractivity contribution >= 4 is 18.0 Å². The van der Waals surface area contributed by atoms with E-state index < -0.39 is 11.9 Å². The van der Waals surface area contributed by atoms with Gasteiger partial charge in [0.15, 0.2) is 0 Å². The van der Waals surface area contributed by atoms with E-state index in [0.717, 1.165) is 12.8 Å². The average molecular weight is 369 g/mol. The molecule has 0 aliphatic rings. The molecule has 2 aromatic carbocycles. The van der Waals surface area contributed by atoms with Crippen LogP contribution in [0.25, 0.3) is 6.08 Å². The summed E-state index contributed by atoms with van der Waals surface area (Å²) in [6.45, 7) is 2.70. The van der Waals surface area contributed by atoms with Crippen molar-refractivity contribution < 1.29 is 24.2 Å². The van der Waals surface area contributed by atoms with E-state index >= 15 is 0 Å². The Morgan fingerprint density at radius 2 is 1.67 bits per heavy atom. The Hall–Kier alpha value is -3.28. The molecule has 0 spiro atoms. The lowest BCUT2D eigenvalue weighted by atomic mass is 10.1. The van der Waals surface area contributed by atoms with Crippen LogP contribution in [0.2, 0.25) is 0 Å². The maximum atomic E-state index is 12.3. The number of unbranched alkanes of at least 4 members (excludes halogenated alkanes) is 1. The lowest BCUT2D eigenvalue weighted by Gasteiger charge is -2.08. The van der Waals surface area contributed by atoms with Gasteiger partial charge in [-0.25, -0.2) is 4.79 Å². The first-order valence-electron chi connectivity index (χ1n) is 8.66. The number of ether oxygens (including phenoxy) is 2. The topological polar surface area (TPSA) is 84.9 Å². The number of hydrogen-bond donors (Lipinski definition) is 2. The Labute approximate surface area is 158 Å². The molecule has 0 radical (unpaired) electrons. The van der Waals surface area contributed by atoms with Crippen LogP contribution < -0.4 is 14.8 Å². The third kappa shape index (κ3) is 6.18. The summed E-state index contributed by atoms with van der Waals surface area (Å²) in [5.41, 5.74) is 0.765. The van der Waals surface area contributed by atoms with Crippen molar-refractivity contribution in [3.05, 3.63) is 65.4 Å². The molecule has 6 nitrogen and oxygen atoms in total. The lowest BCUT2D eigenvalue weighted by molar-refractivity contribution is -0.132. The smallest absolute Gasteiger partial charge is 0.352 e. The van der Waals surface area contributed by atoms with Crippen molar-refractivity contribution in [1.82, 2.24) is 5.32 Å². The fraction of sp³-hybridized carbons (Fsp3) is 0.238. The van der Waals surface area contributed by atoms with Crippen LogP contribution >= 0.6 is 0 Å². The highest BCUT2D eigenvalue weighted by atomic mass is 16.5. The predicted molar refractivity (Wildman–Crippen MR) is 103 cm³/mol. The molecule has 2 aromatic rings. The molecule has 0 heterocycles. The molecule has 1 amide bonds.